The van der Waals surface area contributed by atoms with Crippen molar-refractivity contribution in [3.05, 3.63) is 33.7 Å². The van der Waals surface area contributed by atoms with Crippen LogP contribution in [0.5, 0.6) is 0 Å². The molecule has 0 spiro atoms. The standard InChI is InChI=1S/C4H5NS.C3H2NS.BrH.Zn/c1-4-2-6-3-5-4;1-2-5-3-4-1;;/h2-3H,1H3;1-2H;1H;/q;-1;;+2/p-1. The number of aromatic nitrogens is 2. The van der Waals surface area contributed by atoms with Crippen molar-refractivity contribution in [2.75, 3.05) is 0 Å². The Balaban J connectivity index is 0.000000189. The molecule has 0 aliphatic carbocycles. The van der Waals surface area contributed by atoms with Gasteiger partial charge in [-0.2, -0.15) is 0 Å². The Bertz CT molecular complexity index is 243. The fourth-order valence-electron chi connectivity index (χ4n) is 0.425. The number of hydrogen-bond donors (Lipinski definition) is 0. The first-order chi connectivity index (χ1) is 6.39. The largest absolute Gasteiger partial charge is 0.394 e. The summed E-state index contributed by atoms with van der Waals surface area (Å²) in [6.45, 7) is 1.98. The summed E-state index contributed by atoms with van der Waals surface area (Å²) in [6.07, 6.45) is 1.71. The van der Waals surface area contributed by atoms with E-state index in [2.05, 4.69) is 29.1 Å². The summed E-state index contributed by atoms with van der Waals surface area (Å²) < 4.78 is 0. The Morgan fingerprint density at radius 1 is 1.54 bits per heavy atom. The van der Waals surface area contributed by atoms with Gasteiger partial charge in [0.25, 0.3) is 0 Å². The number of aryl methyl sites for hydroxylation is 1. The van der Waals surface area contributed by atoms with Crippen molar-refractivity contribution >= 4 is 36.3 Å². The molecule has 0 atom stereocenters. The van der Waals surface area contributed by atoms with E-state index >= 15 is 0 Å². The second-order valence-corrected chi connectivity index (χ2v) is 3.16. The predicted molar refractivity (Wildman–Crippen MR) is 56.7 cm³/mol. The molecule has 0 saturated carbocycles. The van der Waals surface area contributed by atoms with E-state index in [1.807, 2.05) is 23.2 Å². The molecule has 2 aromatic rings. The first-order valence-corrected chi connectivity index (χ1v) is 12.0. The Morgan fingerprint density at radius 2 is 2.31 bits per heavy atom. The van der Waals surface area contributed by atoms with Gasteiger partial charge in [0.05, 0.1) is 5.51 Å². The molecule has 0 aromatic carbocycles. The normalized spacial score (nSPS) is 7.69. The van der Waals surface area contributed by atoms with Gasteiger partial charge in [0, 0.05) is 11.1 Å². The van der Waals surface area contributed by atoms with Crippen LogP contribution in [0.3, 0.4) is 0 Å². The summed E-state index contributed by atoms with van der Waals surface area (Å²) >= 11 is 7.36. The molecule has 0 aliphatic heterocycles. The van der Waals surface area contributed by atoms with Gasteiger partial charge in [-0.15, -0.1) is 22.9 Å². The number of rotatable bonds is 0. The monoisotopic (exact) mass is 326 g/mol. The fraction of sp³-hybridized carbons (Fsp3) is 0.143. The molecular formula is C7H7BrN2S2Zn. The summed E-state index contributed by atoms with van der Waals surface area (Å²) in [5.74, 6) is 0. The maximum absolute atomic E-state index is 3.94. The summed E-state index contributed by atoms with van der Waals surface area (Å²) in [6, 6.07) is 0. The summed E-state index contributed by atoms with van der Waals surface area (Å²) in [7, 11) is 0. The molecule has 0 fully saturated rings. The fourth-order valence-corrected chi connectivity index (χ4v) is 1.28. The molecule has 66 valence electrons. The molecule has 13 heavy (non-hydrogen) atoms. The van der Waals surface area contributed by atoms with E-state index in [-0.39, 0.29) is 0 Å². The molecule has 2 rings (SSSR count). The molecule has 0 amide bonds. The van der Waals surface area contributed by atoms with Crippen LogP contribution in [0, 0.1) is 12.4 Å². The van der Waals surface area contributed by atoms with Crippen LogP contribution in [0.25, 0.3) is 0 Å². The van der Waals surface area contributed by atoms with Gasteiger partial charge < -0.3 is 4.98 Å². The maximum Gasteiger partial charge on any atom is -0.0221 e. The van der Waals surface area contributed by atoms with E-state index in [1.54, 1.807) is 17.5 Å². The van der Waals surface area contributed by atoms with Crippen LogP contribution in [-0.4, -0.2) is 9.97 Å². The SMILES string of the molecule is Cc1cscn1.[Zn+][Br].[c-]1nccs1. The minimum absolute atomic E-state index is 1.11. The number of hydrogen-bond acceptors (Lipinski definition) is 4. The zero-order chi connectivity index (χ0) is 9.94. The van der Waals surface area contributed by atoms with Gasteiger partial charge in [0.2, 0.25) is 0 Å². The van der Waals surface area contributed by atoms with E-state index in [0.29, 0.717) is 0 Å². The second-order valence-electron chi connectivity index (χ2n) is 1.75. The van der Waals surface area contributed by atoms with E-state index in [0.717, 1.165) is 5.69 Å². The number of halogens is 1. The maximum atomic E-state index is 3.94. The van der Waals surface area contributed by atoms with E-state index in [9.17, 15) is 0 Å². The smallest absolute Gasteiger partial charge is 0.0221 e. The van der Waals surface area contributed by atoms with Crippen LogP contribution in [0.1, 0.15) is 5.69 Å². The first kappa shape index (κ1) is 13.4. The Hall–Kier alpha value is 0.363. The van der Waals surface area contributed by atoms with Crippen LogP contribution < -0.4 is 0 Å². The van der Waals surface area contributed by atoms with E-state index in [4.69, 9.17) is 0 Å². The molecule has 0 N–H and O–H groups in total. The van der Waals surface area contributed by atoms with Gasteiger partial charge in [-0.05, 0) is 12.4 Å². The van der Waals surface area contributed by atoms with Crippen molar-refractivity contribution in [1.29, 1.82) is 0 Å². The zero-order valence-electron chi connectivity index (χ0n) is 7.11. The van der Waals surface area contributed by atoms with Crippen molar-refractivity contribution in [3.63, 3.8) is 0 Å². The molecule has 2 heterocycles. The van der Waals surface area contributed by atoms with Gasteiger partial charge in [-0.25, -0.2) is 0 Å². The predicted octanol–water partition coefficient (Wildman–Crippen LogP) is 3.24. The Morgan fingerprint density at radius 3 is 2.46 bits per heavy atom. The molecule has 0 radical (unpaired) electrons. The Kier molecular flexibility index (Phi) is 10.7. The molecule has 2 aromatic heterocycles. The first-order valence-electron chi connectivity index (χ1n) is 3.26. The minimum atomic E-state index is 1.11. The molecule has 0 bridgehead atoms. The van der Waals surface area contributed by atoms with Gasteiger partial charge in [-0.1, -0.05) is 0 Å². The molecule has 0 aliphatic rings. The third kappa shape index (κ3) is 8.69. The molecule has 0 saturated heterocycles. The number of nitrogens with zero attached hydrogens (tertiary/aromatic N) is 2. The van der Waals surface area contributed by atoms with Crippen LogP contribution in [0.4, 0.5) is 0 Å². The van der Waals surface area contributed by atoms with Crippen LogP contribution in [0.2, 0.25) is 0 Å². The third-order valence-electron chi connectivity index (χ3n) is 0.865. The van der Waals surface area contributed by atoms with Crippen LogP contribution in [-0.2, 0) is 16.3 Å². The van der Waals surface area contributed by atoms with E-state index < -0.39 is 0 Å². The summed E-state index contributed by atoms with van der Waals surface area (Å²) in [5.41, 5.74) is 5.59. The van der Waals surface area contributed by atoms with Crippen molar-refractivity contribution < 1.29 is 16.3 Å². The van der Waals surface area contributed by atoms with Crippen LogP contribution in [0.15, 0.2) is 22.5 Å². The topological polar surface area (TPSA) is 25.8 Å². The van der Waals surface area contributed by atoms with E-state index in [1.165, 1.54) is 27.7 Å². The van der Waals surface area contributed by atoms with Crippen molar-refractivity contribution in [3.8, 4) is 0 Å². The molecule has 6 heteroatoms. The van der Waals surface area contributed by atoms with Gasteiger partial charge >= 0.3 is 30.0 Å². The summed E-state index contributed by atoms with van der Waals surface area (Å²) in [4.78, 5) is 7.55. The molecular weight excluding hydrogens is 322 g/mol. The van der Waals surface area contributed by atoms with Crippen molar-refractivity contribution in [2.24, 2.45) is 0 Å². The van der Waals surface area contributed by atoms with Crippen LogP contribution >= 0.6 is 36.3 Å². The minimum Gasteiger partial charge on any atom is -0.394 e. The summed E-state index contributed by atoms with van der Waals surface area (Å²) in [5, 5.41) is 3.89. The Labute approximate surface area is 102 Å². The second kappa shape index (κ2) is 10.4. The zero-order valence-corrected chi connectivity index (χ0v) is 13.3. The van der Waals surface area contributed by atoms with Gasteiger partial charge in [-0.3, -0.25) is 16.3 Å². The third-order valence-corrected chi connectivity index (χ3v) is 2.04. The van der Waals surface area contributed by atoms with Gasteiger partial charge in [0.1, 0.15) is 0 Å². The van der Waals surface area contributed by atoms with Crippen molar-refractivity contribution in [1.82, 2.24) is 9.97 Å². The van der Waals surface area contributed by atoms with Crippen molar-refractivity contribution in [2.45, 2.75) is 6.92 Å². The average Bonchev–Trinajstić information content (AvgIpc) is 2.81. The molecule has 2 nitrogen and oxygen atoms in total. The molecule has 0 unspecified atom stereocenters. The van der Waals surface area contributed by atoms with Gasteiger partial charge in [0.15, 0.2) is 0 Å². The number of thiazole rings is 2. The average molecular weight is 329 g/mol. The quantitative estimate of drug-likeness (QED) is 0.548.